The van der Waals surface area contributed by atoms with Gasteiger partial charge in [-0.3, -0.25) is 4.68 Å². The summed E-state index contributed by atoms with van der Waals surface area (Å²) in [5.41, 5.74) is 2.04. The lowest BCUT2D eigenvalue weighted by molar-refractivity contribution is 0.195. The molecule has 0 bridgehead atoms. The lowest BCUT2D eigenvalue weighted by Crippen LogP contribution is -1.98. The Balaban J connectivity index is 2.43. The maximum Gasteiger partial charge on any atom is 0.171 e. The summed E-state index contributed by atoms with van der Waals surface area (Å²) in [6.07, 6.45) is -0.803. The first kappa shape index (κ1) is 13.5. The summed E-state index contributed by atoms with van der Waals surface area (Å²) in [6.45, 7) is 5.30. The molecular weight excluding hydrogens is 247 g/mol. The van der Waals surface area contributed by atoms with Crippen LogP contribution in [0, 0.1) is 19.7 Å². The highest BCUT2D eigenvalue weighted by Gasteiger charge is 2.16. The van der Waals surface area contributed by atoms with E-state index in [1.807, 2.05) is 20.9 Å². The van der Waals surface area contributed by atoms with Gasteiger partial charge in [0.2, 0.25) is 0 Å². The molecule has 1 aromatic heterocycles. The second kappa shape index (κ2) is 5.01. The molecule has 1 N–H and O–H groups in total. The summed E-state index contributed by atoms with van der Waals surface area (Å²) >= 11 is 0. The van der Waals surface area contributed by atoms with Crippen molar-refractivity contribution in [3.8, 4) is 11.5 Å². The Morgan fingerprint density at radius 2 is 2.05 bits per heavy atom. The van der Waals surface area contributed by atoms with Crippen molar-refractivity contribution in [3.63, 3.8) is 0 Å². The van der Waals surface area contributed by atoms with E-state index in [2.05, 4.69) is 5.10 Å². The molecule has 0 fully saturated rings. The second-order valence-corrected chi connectivity index (χ2v) is 4.58. The first-order chi connectivity index (χ1) is 8.90. The minimum atomic E-state index is -0.803. The summed E-state index contributed by atoms with van der Waals surface area (Å²) in [5.74, 6) is 0.675. The summed E-state index contributed by atoms with van der Waals surface area (Å²) in [4.78, 5) is 0. The highest BCUT2D eigenvalue weighted by Crippen LogP contribution is 2.33. The fourth-order valence-corrected chi connectivity index (χ4v) is 1.95. The third kappa shape index (κ3) is 2.61. The van der Waals surface area contributed by atoms with Crippen molar-refractivity contribution < 1.29 is 14.2 Å². The second-order valence-electron chi connectivity index (χ2n) is 4.58. The average Bonchev–Trinajstić information content (AvgIpc) is 2.57. The molecular formula is C14H17FN2O2. The van der Waals surface area contributed by atoms with Crippen LogP contribution in [0.3, 0.4) is 0 Å². The molecule has 1 atom stereocenters. The van der Waals surface area contributed by atoms with Gasteiger partial charge >= 0.3 is 0 Å². The molecule has 1 heterocycles. The lowest BCUT2D eigenvalue weighted by Gasteiger charge is -2.13. The molecule has 0 amide bonds. The van der Waals surface area contributed by atoms with Crippen LogP contribution in [0.1, 0.15) is 30.0 Å². The number of rotatable bonds is 3. The van der Waals surface area contributed by atoms with Crippen molar-refractivity contribution in [1.82, 2.24) is 9.78 Å². The molecule has 0 radical (unpaired) electrons. The topological polar surface area (TPSA) is 47.3 Å². The SMILES string of the molecule is Cc1nn(C)c(C)c1Oc1ccc(F)cc1C(C)O. The van der Waals surface area contributed by atoms with Crippen molar-refractivity contribution in [3.05, 3.63) is 41.0 Å². The Bertz CT molecular complexity index is 606. The minimum absolute atomic E-state index is 0.400. The van der Waals surface area contributed by atoms with Gasteiger partial charge in [0.05, 0.1) is 11.8 Å². The van der Waals surface area contributed by atoms with Gasteiger partial charge in [-0.05, 0) is 39.0 Å². The molecule has 1 aromatic carbocycles. The average molecular weight is 264 g/mol. The number of aliphatic hydroxyl groups excluding tert-OH is 1. The highest BCUT2D eigenvalue weighted by atomic mass is 19.1. The first-order valence-electron chi connectivity index (χ1n) is 6.05. The molecule has 5 heteroatoms. The third-order valence-electron chi connectivity index (χ3n) is 3.08. The molecule has 0 saturated carbocycles. The fraction of sp³-hybridized carbons (Fsp3) is 0.357. The number of aryl methyl sites for hydroxylation is 2. The summed E-state index contributed by atoms with van der Waals surface area (Å²) in [7, 11) is 1.83. The van der Waals surface area contributed by atoms with E-state index in [0.717, 1.165) is 11.4 Å². The van der Waals surface area contributed by atoms with Crippen LogP contribution in [0.2, 0.25) is 0 Å². The smallest absolute Gasteiger partial charge is 0.171 e. The van der Waals surface area contributed by atoms with Crippen molar-refractivity contribution in [1.29, 1.82) is 0 Å². The van der Waals surface area contributed by atoms with E-state index >= 15 is 0 Å². The Morgan fingerprint density at radius 1 is 1.37 bits per heavy atom. The molecule has 0 aliphatic heterocycles. The van der Waals surface area contributed by atoms with Gasteiger partial charge in [0.15, 0.2) is 5.75 Å². The van der Waals surface area contributed by atoms with Gasteiger partial charge in [-0.25, -0.2) is 4.39 Å². The van der Waals surface area contributed by atoms with Gasteiger partial charge < -0.3 is 9.84 Å². The fourth-order valence-electron chi connectivity index (χ4n) is 1.95. The van der Waals surface area contributed by atoms with E-state index in [9.17, 15) is 9.50 Å². The number of hydrogen-bond acceptors (Lipinski definition) is 3. The standard InChI is InChI=1S/C14H17FN2O2/c1-8-14(9(2)17(4)16-8)19-13-6-5-11(15)7-12(13)10(3)18/h5-7,10,18H,1-4H3. The van der Waals surface area contributed by atoms with E-state index < -0.39 is 11.9 Å². The molecule has 102 valence electrons. The minimum Gasteiger partial charge on any atom is -0.453 e. The van der Waals surface area contributed by atoms with Crippen molar-refractivity contribution in [2.75, 3.05) is 0 Å². The van der Waals surface area contributed by atoms with Crippen LogP contribution in [0.4, 0.5) is 4.39 Å². The molecule has 1 unspecified atom stereocenters. The first-order valence-corrected chi connectivity index (χ1v) is 6.05. The normalized spacial score (nSPS) is 12.5. The van der Waals surface area contributed by atoms with Gasteiger partial charge in [-0.1, -0.05) is 0 Å². The zero-order chi connectivity index (χ0) is 14.2. The summed E-state index contributed by atoms with van der Waals surface area (Å²) < 4.78 is 20.7. The van der Waals surface area contributed by atoms with Gasteiger partial charge in [-0.15, -0.1) is 0 Å². The van der Waals surface area contributed by atoms with Crippen LogP contribution >= 0.6 is 0 Å². The van der Waals surface area contributed by atoms with E-state index in [1.165, 1.54) is 18.2 Å². The van der Waals surface area contributed by atoms with Crippen LogP contribution in [0.15, 0.2) is 18.2 Å². The highest BCUT2D eigenvalue weighted by molar-refractivity contribution is 5.42. The van der Waals surface area contributed by atoms with E-state index in [-0.39, 0.29) is 0 Å². The number of ether oxygens (including phenoxy) is 1. The molecule has 0 aliphatic carbocycles. The zero-order valence-corrected chi connectivity index (χ0v) is 11.4. The van der Waals surface area contributed by atoms with E-state index in [1.54, 1.807) is 11.6 Å². The van der Waals surface area contributed by atoms with Gasteiger partial charge in [0.1, 0.15) is 17.3 Å². The number of nitrogens with zero attached hydrogens (tertiary/aromatic N) is 2. The molecule has 0 saturated heterocycles. The molecule has 0 spiro atoms. The van der Waals surface area contributed by atoms with Crippen LogP contribution < -0.4 is 4.74 Å². The Labute approximate surface area is 111 Å². The maximum absolute atomic E-state index is 13.2. The monoisotopic (exact) mass is 264 g/mol. The van der Waals surface area contributed by atoms with Crippen LogP contribution in [-0.4, -0.2) is 14.9 Å². The molecule has 19 heavy (non-hydrogen) atoms. The van der Waals surface area contributed by atoms with Gasteiger partial charge in [-0.2, -0.15) is 5.10 Å². The zero-order valence-electron chi connectivity index (χ0n) is 11.4. The largest absolute Gasteiger partial charge is 0.453 e. The Morgan fingerprint density at radius 3 is 2.58 bits per heavy atom. The van der Waals surface area contributed by atoms with Crippen LogP contribution in [-0.2, 0) is 7.05 Å². The number of benzene rings is 1. The Hall–Kier alpha value is -1.88. The quantitative estimate of drug-likeness (QED) is 0.927. The molecule has 2 aromatic rings. The van der Waals surface area contributed by atoms with Crippen molar-refractivity contribution >= 4 is 0 Å². The molecule has 2 rings (SSSR count). The summed E-state index contributed by atoms with van der Waals surface area (Å²) in [5, 5.41) is 13.9. The number of aliphatic hydroxyl groups is 1. The van der Waals surface area contributed by atoms with E-state index in [4.69, 9.17) is 4.74 Å². The van der Waals surface area contributed by atoms with Crippen molar-refractivity contribution in [2.24, 2.45) is 7.05 Å². The molecule has 4 nitrogen and oxygen atoms in total. The summed E-state index contributed by atoms with van der Waals surface area (Å²) in [6, 6.07) is 4.10. The lowest BCUT2D eigenvalue weighted by atomic mass is 10.1. The third-order valence-corrected chi connectivity index (χ3v) is 3.08. The predicted molar refractivity (Wildman–Crippen MR) is 69.8 cm³/mol. The maximum atomic E-state index is 13.2. The Kier molecular flexibility index (Phi) is 3.57. The number of hydrogen-bond donors (Lipinski definition) is 1. The van der Waals surface area contributed by atoms with Gasteiger partial charge in [0, 0.05) is 12.6 Å². The van der Waals surface area contributed by atoms with E-state index in [0.29, 0.717) is 17.1 Å². The number of aromatic nitrogens is 2. The van der Waals surface area contributed by atoms with Crippen LogP contribution in [0.25, 0.3) is 0 Å². The van der Waals surface area contributed by atoms with Crippen molar-refractivity contribution in [2.45, 2.75) is 26.9 Å². The molecule has 0 aliphatic rings. The van der Waals surface area contributed by atoms with Gasteiger partial charge in [0.25, 0.3) is 0 Å². The van der Waals surface area contributed by atoms with Crippen LogP contribution in [0.5, 0.6) is 11.5 Å². The number of halogens is 1. The predicted octanol–water partition coefficient (Wildman–Crippen LogP) is 3.02.